The summed E-state index contributed by atoms with van der Waals surface area (Å²) in [7, 11) is 4.24. The molecule has 1 saturated heterocycles. The van der Waals surface area contributed by atoms with E-state index in [-0.39, 0.29) is 11.8 Å². The van der Waals surface area contributed by atoms with Gasteiger partial charge in [-0.2, -0.15) is 0 Å². The molecular weight excluding hydrogens is 316 g/mol. The van der Waals surface area contributed by atoms with Crippen molar-refractivity contribution in [3.8, 4) is 0 Å². The molecule has 1 heterocycles. The van der Waals surface area contributed by atoms with Crippen LogP contribution in [0, 0.1) is 0 Å². The molecule has 0 spiro atoms. The van der Waals surface area contributed by atoms with Crippen LogP contribution >= 0.6 is 15.9 Å². The van der Waals surface area contributed by atoms with Crippen molar-refractivity contribution in [2.45, 2.75) is 31.7 Å². The number of carbonyl (C=O) groups excluding carboxylic acids is 1. The largest absolute Gasteiger partial charge is 0.342 e. The predicted octanol–water partition coefficient (Wildman–Crippen LogP) is 3.11. The average Bonchev–Trinajstić information content (AvgIpc) is 2.46. The molecule has 1 amide bonds. The molecule has 1 aromatic rings. The molecule has 1 aromatic carbocycles. The van der Waals surface area contributed by atoms with E-state index >= 15 is 0 Å². The number of carbonyl (C=O) groups is 1. The van der Waals surface area contributed by atoms with Crippen LogP contribution in [0.25, 0.3) is 0 Å². The quantitative estimate of drug-likeness (QED) is 0.845. The Labute approximate surface area is 130 Å². The van der Waals surface area contributed by atoms with E-state index < -0.39 is 0 Å². The van der Waals surface area contributed by atoms with Crippen molar-refractivity contribution in [2.75, 3.05) is 27.2 Å². The Kier molecular flexibility index (Phi) is 5.22. The summed E-state index contributed by atoms with van der Waals surface area (Å²) in [6, 6.07) is 8.66. The van der Waals surface area contributed by atoms with Gasteiger partial charge in [0.05, 0.1) is 5.92 Å². The van der Waals surface area contributed by atoms with Gasteiger partial charge < -0.3 is 9.80 Å². The molecule has 3 nitrogen and oxygen atoms in total. The fraction of sp³-hybridized carbons (Fsp3) is 0.562. The summed E-state index contributed by atoms with van der Waals surface area (Å²) in [6.07, 6.45) is 2.15. The maximum Gasteiger partial charge on any atom is 0.229 e. The van der Waals surface area contributed by atoms with Gasteiger partial charge in [0, 0.05) is 23.6 Å². The highest BCUT2D eigenvalue weighted by Crippen LogP contribution is 2.23. The second-order valence-corrected chi connectivity index (χ2v) is 6.71. The van der Waals surface area contributed by atoms with Gasteiger partial charge in [-0.25, -0.2) is 0 Å². The molecule has 0 unspecified atom stereocenters. The van der Waals surface area contributed by atoms with Crippen LogP contribution in [0.3, 0.4) is 0 Å². The number of rotatable bonds is 3. The van der Waals surface area contributed by atoms with Gasteiger partial charge in [0.15, 0.2) is 0 Å². The number of hydrogen-bond donors (Lipinski definition) is 0. The minimum atomic E-state index is -0.0565. The molecule has 1 aliphatic rings. The van der Waals surface area contributed by atoms with Crippen molar-refractivity contribution in [1.82, 2.24) is 9.80 Å². The third-order valence-corrected chi connectivity index (χ3v) is 4.78. The molecule has 0 N–H and O–H groups in total. The van der Waals surface area contributed by atoms with Crippen molar-refractivity contribution in [3.63, 3.8) is 0 Å². The van der Waals surface area contributed by atoms with Crippen LogP contribution < -0.4 is 0 Å². The van der Waals surface area contributed by atoms with Crippen molar-refractivity contribution in [1.29, 1.82) is 0 Å². The first-order valence-electron chi connectivity index (χ1n) is 7.19. The van der Waals surface area contributed by atoms with Crippen LogP contribution in [0.1, 0.15) is 31.2 Å². The van der Waals surface area contributed by atoms with E-state index in [1.807, 2.05) is 36.1 Å². The highest BCUT2D eigenvalue weighted by molar-refractivity contribution is 9.10. The topological polar surface area (TPSA) is 23.6 Å². The first-order valence-corrected chi connectivity index (χ1v) is 7.99. The maximum absolute atomic E-state index is 12.6. The minimum absolute atomic E-state index is 0.0565. The highest BCUT2D eigenvalue weighted by atomic mass is 79.9. The Bertz CT molecular complexity index is 450. The SMILES string of the molecule is C[C@@H](C(=O)N1CCC(N(C)C)CC1)c1ccc(Br)cc1. The molecule has 110 valence electrons. The zero-order valence-electron chi connectivity index (χ0n) is 12.5. The smallest absolute Gasteiger partial charge is 0.229 e. The van der Waals surface area contributed by atoms with Crippen LogP contribution in [0.5, 0.6) is 0 Å². The summed E-state index contributed by atoms with van der Waals surface area (Å²) in [5.74, 6) is 0.198. The first kappa shape index (κ1) is 15.5. The lowest BCUT2D eigenvalue weighted by atomic mass is 9.97. The molecule has 0 bridgehead atoms. The normalized spacial score (nSPS) is 18.4. The van der Waals surface area contributed by atoms with E-state index in [1.165, 1.54) is 0 Å². The Morgan fingerprint density at radius 3 is 2.30 bits per heavy atom. The first-order chi connectivity index (χ1) is 9.49. The lowest BCUT2D eigenvalue weighted by Gasteiger charge is -2.36. The van der Waals surface area contributed by atoms with E-state index in [0.717, 1.165) is 36.0 Å². The van der Waals surface area contributed by atoms with Gasteiger partial charge in [0.25, 0.3) is 0 Å². The summed E-state index contributed by atoms with van der Waals surface area (Å²) >= 11 is 3.43. The summed E-state index contributed by atoms with van der Waals surface area (Å²) in [4.78, 5) is 16.8. The second-order valence-electron chi connectivity index (χ2n) is 5.79. The molecule has 0 aliphatic carbocycles. The number of benzene rings is 1. The second kappa shape index (κ2) is 6.72. The zero-order valence-corrected chi connectivity index (χ0v) is 14.1. The molecule has 0 aromatic heterocycles. The van der Waals surface area contributed by atoms with E-state index in [1.54, 1.807) is 0 Å². The Balaban J connectivity index is 1.96. The molecule has 20 heavy (non-hydrogen) atoms. The van der Waals surface area contributed by atoms with Crippen LogP contribution in [-0.4, -0.2) is 48.9 Å². The summed E-state index contributed by atoms with van der Waals surface area (Å²) in [5.41, 5.74) is 1.09. The summed E-state index contributed by atoms with van der Waals surface area (Å²) in [6.45, 7) is 3.76. The maximum atomic E-state index is 12.6. The molecule has 0 radical (unpaired) electrons. The minimum Gasteiger partial charge on any atom is -0.342 e. The van der Waals surface area contributed by atoms with Gasteiger partial charge in [0.2, 0.25) is 5.91 Å². The van der Waals surface area contributed by atoms with Gasteiger partial charge in [-0.3, -0.25) is 4.79 Å². The Hall–Kier alpha value is -0.870. The molecule has 0 saturated carbocycles. The molecule has 1 atom stereocenters. The van der Waals surface area contributed by atoms with Gasteiger partial charge >= 0.3 is 0 Å². The molecule has 2 rings (SSSR count). The van der Waals surface area contributed by atoms with Crippen LogP contribution in [0.4, 0.5) is 0 Å². The van der Waals surface area contributed by atoms with Gasteiger partial charge in [0.1, 0.15) is 0 Å². The number of hydrogen-bond acceptors (Lipinski definition) is 2. The lowest BCUT2D eigenvalue weighted by Crippen LogP contribution is -2.45. The zero-order chi connectivity index (χ0) is 14.7. The summed E-state index contributed by atoms with van der Waals surface area (Å²) < 4.78 is 1.05. The number of nitrogens with zero attached hydrogens (tertiary/aromatic N) is 2. The molecular formula is C16H23BrN2O. The van der Waals surface area contributed by atoms with Gasteiger partial charge in [-0.05, 0) is 51.6 Å². The fourth-order valence-electron chi connectivity index (χ4n) is 2.77. The van der Waals surface area contributed by atoms with Gasteiger partial charge in [-0.1, -0.05) is 28.1 Å². The fourth-order valence-corrected chi connectivity index (χ4v) is 3.03. The van der Waals surface area contributed by atoms with E-state index in [2.05, 4.69) is 34.9 Å². The van der Waals surface area contributed by atoms with E-state index in [0.29, 0.717) is 6.04 Å². The Morgan fingerprint density at radius 2 is 1.80 bits per heavy atom. The highest BCUT2D eigenvalue weighted by Gasteiger charge is 2.27. The van der Waals surface area contributed by atoms with Gasteiger partial charge in [-0.15, -0.1) is 0 Å². The van der Waals surface area contributed by atoms with Crippen molar-refractivity contribution in [3.05, 3.63) is 34.3 Å². The van der Waals surface area contributed by atoms with Crippen LogP contribution in [0.15, 0.2) is 28.7 Å². The standard InChI is InChI=1S/C16H23BrN2O/c1-12(13-4-6-14(17)7-5-13)16(20)19-10-8-15(9-11-19)18(2)3/h4-7,12,15H,8-11H2,1-3H3/t12-/m1/s1. The lowest BCUT2D eigenvalue weighted by molar-refractivity contribution is -0.133. The third-order valence-electron chi connectivity index (χ3n) is 4.25. The summed E-state index contributed by atoms with van der Waals surface area (Å²) in [5, 5.41) is 0. The van der Waals surface area contributed by atoms with Crippen molar-refractivity contribution in [2.24, 2.45) is 0 Å². The average molecular weight is 339 g/mol. The van der Waals surface area contributed by atoms with Crippen LogP contribution in [-0.2, 0) is 4.79 Å². The monoisotopic (exact) mass is 338 g/mol. The van der Waals surface area contributed by atoms with E-state index in [9.17, 15) is 4.79 Å². The van der Waals surface area contributed by atoms with Crippen LogP contribution in [0.2, 0.25) is 0 Å². The van der Waals surface area contributed by atoms with Crippen molar-refractivity contribution >= 4 is 21.8 Å². The Morgan fingerprint density at radius 1 is 1.25 bits per heavy atom. The molecule has 1 aliphatic heterocycles. The number of piperidine rings is 1. The molecule has 4 heteroatoms. The number of halogens is 1. The molecule has 1 fully saturated rings. The predicted molar refractivity (Wildman–Crippen MR) is 85.8 cm³/mol. The van der Waals surface area contributed by atoms with E-state index in [4.69, 9.17) is 0 Å². The van der Waals surface area contributed by atoms with Crippen molar-refractivity contribution < 1.29 is 4.79 Å². The number of likely N-dealkylation sites (tertiary alicyclic amines) is 1. The number of amides is 1. The third kappa shape index (κ3) is 3.61.